The first-order valence-electron chi connectivity index (χ1n) is 6.96. The summed E-state index contributed by atoms with van der Waals surface area (Å²) >= 11 is 2.45. The number of nitrogens with one attached hydrogen (secondary N) is 1. The number of alkyl halides is 2. The van der Waals surface area contributed by atoms with Gasteiger partial charge in [-0.3, -0.25) is 14.9 Å². The zero-order valence-corrected chi connectivity index (χ0v) is 15.9. The smallest absolute Gasteiger partial charge is 0.284 e. The molecule has 1 aromatic heterocycles. The maximum Gasteiger partial charge on any atom is 0.284 e. The topological polar surface area (TPSA) is 111 Å². The molecule has 0 unspecified atom stereocenters. The SMILES string of the molecule is Cc1csc(Sc2ccc(C(=O)NCC(F)(F)CN)cc2[N+](=O)[O-])n1.Cl. The van der Waals surface area contributed by atoms with Crippen LogP contribution in [0.1, 0.15) is 16.1 Å². The molecule has 0 saturated carbocycles. The molecule has 0 radical (unpaired) electrons. The van der Waals surface area contributed by atoms with Gasteiger partial charge in [0.25, 0.3) is 17.5 Å². The second-order valence-corrected chi connectivity index (χ2v) is 7.19. The maximum atomic E-state index is 13.1. The Labute approximate surface area is 161 Å². The molecule has 26 heavy (non-hydrogen) atoms. The van der Waals surface area contributed by atoms with Gasteiger partial charge in [-0.05, 0) is 19.1 Å². The number of amides is 1. The minimum atomic E-state index is -3.24. The fraction of sp³-hybridized carbons (Fsp3) is 0.286. The van der Waals surface area contributed by atoms with Crippen LogP contribution in [-0.4, -0.2) is 34.8 Å². The van der Waals surface area contributed by atoms with E-state index in [2.05, 4.69) is 4.98 Å². The minimum absolute atomic E-state index is 0. The highest BCUT2D eigenvalue weighted by Gasteiger charge is 2.28. The molecule has 12 heteroatoms. The van der Waals surface area contributed by atoms with Crippen molar-refractivity contribution < 1.29 is 18.5 Å². The van der Waals surface area contributed by atoms with E-state index in [0.29, 0.717) is 9.24 Å². The molecule has 1 aromatic carbocycles. The van der Waals surface area contributed by atoms with Gasteiger partial charge in [0.15, 0.2) is 4.34 Å². The Hall–Kier alpha value is -1.82. The van der Waals surface area contributed by atoms with E-state index in [9.17, 15) is 23.7 Å². The molecular weight excluding hydrogens is 410 g/mol. The summed E-state index contributed by atoms with van der Waals surface area (Å²) in [6.07, 6.45) is 0. The number of carbonyl (C=O) groups is 1. The number of benzene rings is 1. The number of carbonyl (C=O) groups excluding carboxylic acids is 1. The van der Waals surface area contributed by atoms with E-state index in [1.54, 1.807) is 6.92 Å². The maximum absolute atomic E-state index is 13.1. The number of aromatic nitrogens is 1. The largest absolute Gasteiger partial charge is 0.346 e. The number of aryl methyl sites for hydroxylation is 1. The summed E-state index contributed by atoms with van der Waals surface area (Å²) < 4.78 is 26.8. The normalized spacial score (nSPS) is 10.9. The van der Waals surface area contributed by atoms with Crippen molar-refractivity contribution in [2.75, 3.05) is 13.1 Å². The van der Waals surface area contributed by atoms with Crippen LogP contribution < -0.4 is 11.1 Å². The van der Waals surface area contributed by atoms with E-state index in [1.807, 2.05) is 10.7 Å². The third-order valence-electron chi connectivity index (χ3n) is 3.02. The number of thiazole rings is 1. The Morgan fingerprint density at radius 2 is 2.19 bits per heavy atom. The molecule has 2 rings (SSSR count). The Balaban J connectivity index is 0.00000338. The van der Waals surface area contributed by atoms with Crippen molar-refractivity contribution in [3.05, 3.63) is 45.0 Å². The van der Waals surface area contributed by atoms with Gasteiger partial charge in [0.2, 0.25) is 0 Å². The number of nitrogens with zero attached hydrogens (tertiary/aromatic N) is 2. The van der Waals surface area contributed by atoms with Crippen molar-refractivity contribution in [2.24, 2.45) is 5.73 Å². The predicted molar refractivity (Wildman–Crippen MR) is 97.7 cm³/mol. The van der Waals surface area contributed by atoms with E-state index in [1.165, 1.54) is 23.5 Å². The lowest BCUT2D eigenvalue weighted by Gasteiger charge is -2.14. The summed E-state index contributed by atoms with van der Waals surface area (Å²) in [6.45, 7) is -0.0409. The Morgan fingerprint density at radius 3 is 2.73 bits per heavy atom. The van der Waals surface area contributed by atoms with Gasteiger partial charge in [-0.2, -0.15) is 0 Å². The van der Waals surface area contributed by atoms with Crippen molar-refractivity contribution in [1.82, 2.24) is 10.3 Å². The van der Waals surface area contributed by atoms with Crippen molar-refractivity contribution in [1.29, 1.82) is 0 Å². The number of hydrogen-bond acceptors (Lipinski definition) is 7. The summed E-state index contributed by atoms with van der Waals surface area (Å²) in [5, 5.41) is 15.1. The van der Waals surface area contributed by atoms with Gasteiger partial charge in [-0.1, -0.05) is 11.8 Å². The second-order valence-electron chi connectivity index (χ2n) is 5.04. The van der Waals surface area contributed by atoms with E-state index in [4.69, 9.17) is 5.73 Å². The third kappa shape index (κ3) is 5.87. The molecule has 142 valence electrons. The van der Waals surface area contributed by atoms with Gasteiger partial charge < -0.3 is 11.1 Å². The molecule has 0 aliphatic carbocycles. The monoisotopic (exact) mass is 424 g/mol. The molecule has 1 amide bonds. The van der Waals surface area contributed by atoms with Gasteiger partial charge in [0.1, 0.15) is 0 Å². The summed E-state index contributed by atoms with van der Waals surface area (Å²) in [5.74, 6) is -4.07. The number of nitrogens with two attached hydrogens (primary N) is 1. The first-order valence-corrected chi connectivity index (χ1v) is 8.66. The molecule has 0 atom stereocenters. The lowest BCUT2D eigenvalue weighted by molar-refractivity contribution is -0.387. The summed E-state index contributed by atoms with van der Waals surface area (Å²) in [6, 6.07) is 3.79. The fourth-order valence-corrected chi connectivity index (χ4v) is 3.62. The van der Waals surface area contributed by atoms with E-state index >= 15 is 0 Å². The number of nitro benzene ring substituents is 1. The van der Waals surface area contributed by atoms with Crippen LogP contribution in [0.25, 0.3) is 0 Å². The van der Waals surface area contributed by atoms with Crippen molar-refractivity contribution in [2.45, 2.75) is 22.1 Å². The van der Waals surface area contributed by atoms with Gasteiger partial charge in [-0.25, -0.2) is 13.8 Å². The molecule has 3 N–H and O–H groups in total. The molecule has 2 aromatic rings. The molecular formula is C14H15ClF2N4O3S2. The fourth-order valence-electron chi connectivity index (χ4n) is 1.74. The highest BCUT2D eigenvalue weighted by Crippen LogP contribution is 2.36. The van der Waals surface area contributed by atoms with Crippen LogP contribution in [0.4, 0.5) is 14.5 Å². The lowest BCUT2D eigenvalue weighted by atomic mass is 10.2. The van der Waals surface area contributed by atoms with E-state index in [0.717, 1.165) is 23.5 Å². The Morgan fingerprint density at radius 1 is 1.50 bits per heavy atom. The molecule has 1 heterocycles. The van der Waals surface area contributed by atoms with Crippen LogP contribution in [0.2, 0.25) is 0 Å². The lowest BCUT2D eigenvalue weighted by Crippen LogP contribution is -2.41. The molecule has 0 saturated heterocycles. The standard InChI is InChI=1S/C14H14F2N4O3S2.ClH/c1-8-5-24-13(19-8)25-11-3-2-9(4-10(11)20(22)23)12(21)18-7-14(15,16)6-17;/h2-5H,6-7,17H2,1H3,(H,18,21);1H. The van der Waals surface area contributed by atoms with Crippen molar-refractivity contribution in [3.8, 4) is 0 Å². The number of nitro groups is 1. The quantitative estimate of drug-likeness (QED) is 0.521. The van der Waals surface area contributed by atoms with Crippen LogP contribution in [0.15, 0.2) is 32.8 Å². The zero-order valence-electron chi connectivity index (χ0n) is 13.4. The second kappa shape index (κ2) is 9.21. The molecule has 0 spiro atoms. The summed E-state index contributed by atoms with van der Waals surface area (Å²) in [4.78, 5) is 27.1. The number of hydrogen-bond donors (Lipinski definition) is 2. The molecule has 0 aliphatic rings. The van der Waals surface area contributed by atoms with Gasteiger partial charge >= 0.3 is 0 Å². The van der Waals surface area contributed by atoms with E-state index in [-0.39, 0.29) is 23.7 Å². The highest BCUT2D eigenvalue weighted by molar-refractivity contribution is 8.01. The van der Waals surface area contributed by atoms with Crippen LogP contribution in [0.5, 0.6) is 0 Å². The van der Waals surface area contributed by atoms with Gasteiger partial charge in [0, 0.05) is 22.7 Å². The van der Waals surface area contributed by atoms with E-state index < -0.39 is 29.8 Å². The van der Waals surface area contributed by atoms with Gasteiger partial charge in [0.05, 0.1) is 22.9 Å². The van der Waals surface area contributed by atoms with Crippen molar-refractivity contribution in [3.63, 3.8) is 0 Å². The van der Waals surface area contributed by atoms with Crippen LogP contribution in [-0.2, 0) is 0 Å². The predicted octanol–water partition coefficient (Wildman–Crippen LogP) is 3.26. The Kier molecular flexibility index (Phi) is 7.87. The zero-order chi connectivity index (χ0) is 18.6. The number of halogens is 3. The van der Waals surface area contributed by atoms with Crippen LogP contribution in [0.3, 0.4) is 0 Å². The summed E-state index contributed by atoms with van der Waals surface area (Å²) in [7, 11) is 0. The average molecular weight is 425 g/mol. The Bertz CT molecular complexity index is 804. The molecule has 0 fully saturated rings. The van der Waals surface area contributed by atoms with Crippen molar-refractivity contribution >= 4 is 47.1 Å². The third-order valence-corrected chi connectivity index (χ3v) is 5.14. The summed E-state index contributed by atoms with van der Waals surface area (Å²) in [5.41, 5.74) is 5.31. The van der Waals surface area contributed by atoms with Crippen LogP contribution >= 0.6 is 35.5 Å². The minimum Gasteiger partial charge on any atom is -0.346 e. The van der Waals surface area contributed by atoms with Gasteiger partial charge in [-0.15, -0.1) is 23.7 Å². The average Bonchev–Trinajstić information content (AvgIpc) is 2.98. The van der Waals surface area contributed by atoms with Crippen LogP contribution in [0, 0.1) is 17.0 Å². The number of rotatable bonds is 7. The first kappa shape index (κ1) is 22.2. The molecule has 7 nitrogen and oxygen atoms in total. The first-order chi connectivity index (χ1) is 11.7. The molecule has 0 aliphatic heterocycles. The molecule has 0 bridgehead atoms. The highest BCUT2D eigenvalue weighted by atomic mass is 35.5.